The Labute approximate surface area is 168 Å². The summed E-state index contributed by atoms with van der Waals surface area (Å²) in [6.07, 6.45) is -3.27. The lowest BCUT2D eigenvalue weighted by Gasteiger charge is -2.15. The second-order valence-electron chi connectivity index (χ2n) is 6.54. The molecule has 0 unspecified atom stereocenters. The Morgan fingerprint density at radius 2 is 1.73 bits per heavy atom. The third kappa shape index (κ3) is 4.68. The number of benzene rings is 2. The Morgan fingerprint density at radius 3 is 2.37 bits per heavy atom. The zero-order valence-electron chi connectivity index (χ0n) is 15.9. The number of anilines is 1. The summed E-state index contributed by atoms with van der Waals surface area (Å²) in [5.41, 5.74) is -1.33. The Bertz CT molecular complexity index is 1170. The van der Waals surface area contributed by atoms with Gasteiger partial charge in [-0.1, -0.05) is 0 Å². The lowest BCUT2D eigenvalue weighted by Crippen LogP contribution is -2.19. The highest BCUT2D eigenvalue weighted by Gasteiger charge is 2.32. The monoisotopic (exact) mass is 420 g/mol. The van der Waals surface area contributed by atoms with E-state index < -0.39 is 34.6 Å². The van der Waals surface area contributed by atoms with E-state index in [4.69, 9.17) is 4.74 Å². The van der Waals surface area contributed by atoms with Crippen molar-refractivity contribution in [3.8, 4) is 11.5 Å². The first kappa shape index (κ1) is 21.1. The van der Waals surface area contributed by atoms with Crippen molar-refractivity contribution in [2.75, 3.05) is 5.32 Å². The quantitative estimate of drug-likeness (QED) is 0.611. The molecule has 156 valence electrons. The van der Waals surface area contributed by atoms with Crippen LogP contribution in [0.1, 0.15) is 21.5 Å². The summed E-state index contributed by atoms with van der Waals surface area (Å²) in [5.74, 6) is -1.38. The molecule has 9 heteroatoms. The second-order valence-corrected chi connectivity index (χ2v) is 6.54. The van der Waals surface area contributed by atoms with E-state index in [9.17, 15) is 27.2 Å². The molecule has 3 rings (SSSR count). The average molecular weight is 420 g/mol. The van der Waals surface area contributed by atoms with Crippen LogP contribution in [0, 0.1) is 12.7 Å². The van der Waals surface area contributed by atoms with Crippen LogP contribution in [0.5, 0.6) is 11.5 Å². The van der Waals surface area contributed by atoms with E-state index in [1.165, 1.54) is 36.0 Å². The molecule has 5 nitrogen and oxygen atoms in total. The molecule has 0 aliphatic rings. The van der Waals surface area contributed by atoms with Crippen molar-refractivity contribution in [3.63, 3.8) is 0 Å². The first-order valence-electron chi connectivity index (χ1n) is 8.68. The predicted octanol–water partition coefficient (Wildman–Crippen LogP) is 4.90. The van der Waals surface area contributed by atoms with Crippen LogP contribution in [0.15, 0.2) is 59.5 Å². The number of amides is 1. The third-order valence-corrected chi connectivity index (χ3v) is 4.27. The highest BCUT2D eigenvalue weighted by Crippen LogP contribution is 2.35. The van der Waals surface area contributed by atoms with E-state index in [1.807, 2.05) is 0 Å². The molecule has 2 aromatic carbocycles. The maximum Gasteiger partial charge on any atom is 0.416 e. The standard InChI is InChI=1S/C21H16F4N2O3/c1-12-9-14(22)4-6-17(12)30-18-5-3-13(21(23,24)25)10-16(18)20(29)26-15-7-8-27(2)19(28)11-15/h3-11H,1-2H3,(H,26,29). The summed E-state index contributed by atoms with van der Waals surface area (Å²) in [6.45, 7) is 1.56. The molecule has 0 radical (unpaired) electrons. The van der Waals surface area contributed by atoms with Crippen LogP contribution in [-0.4, -0.2) is 10.5 Å². The normalized spacial score (nSPS) is 11.3. The van der Waals surface area contributed by atoms with E-state index >= 15 is 0 Å². The number of aromatic nitrogens is 1. The first-order valence-corrected chi connectivity index (χ1v) is 8.68. The van der Waals surface area contributed by atoms with Gasteiger partial charge in [-0.15, -0.1) is 0 Å². The van der Waals surface area contributed by atoms with Crippen LogP contribution in [0.2, 0.25) is 0 Å². The van der Waals surface area contributed by atoms with E-state index in [0.29, 0.717) is 11.6 Å². The number of alkyl halides is 3. The van der Waals surface area contributed by atoms with Gasteiger partial charge >= 0.3 is 6.18 Å². The van der Waals surface area contributed by atoms with Crippen LogP contribution < -0.4 is 15.6 Å². The number of nitrogens with one attached hydrogen (secondary N) is 1. The molecule has 30 heavy (non-hydrogen) atoms. The zero-order chi connectivity index (χ0) is 22.1. The zero-order valence-corrected chi connectivity index (χ0v) is 15.9. The van der Waals surface area contributed by atoms with Gasteiger partial charge in [-0.25, -0.2) is 4.39 Å². The fourth-order valence-electron chi connectivity index (χ4n) is 2.64. The van der Waals surface area contributed by atoms with Gasteiger partial charge in [-0.3, -0.25) is 9.59 Å². The van der Waals surface area contributed by atoms with Crippen molar-refractivity contribution < 1.29 is 27.1 Å². The molecule has 3 aromatic rings. The highest BCUT2D eigenvalue weighted by molar-refractivity contribution is 6.06. The average Bonchev–Trinajstić information content (AvgIpc) is 2.66. The van der Waals surface area contributed by atoms with E-state index in [0.717, 1.165) is 24.3 Å². The number of nitrogens with zero attached hydrogens (tertiary/aromatic N) is 1. The van der Waals surface area contributed by atoms with Gasteiger partial charge in [-0.05, 0) is 55.0 Å². The Morgan fingerprint density at radius 1 is 1.03 bits per heavy atom. The first-order chi connectivity index (χ1) is 14.0. The van der Waals surface area contributed by atoms with Crippen LogP contribution in [0.4, 0.5) is 23.2 Å². The number of aryl methyl sites for hydroxylation is 2. The predicted molar refractivity (Wildman–Crippen MR) is 102 cm³/mol. The van der Waals surface area contributed by atoms with Crippen molar-refractivity contribution >= 4 is 11.6 Å². The van der Waals surface area contributed by atoms with Gasteiger partial charge in [0.2, 0.25) is 0 Å². The van der Waals surface area contributed by atoms with Gasteiger partial charge in [0.1, 0.15) is 17.3 Å². The third-order valence-electron chi connectivity index (χ3n) is 4.27. The minimum atomic E-state index is -4.68. The number of rotatable bonds is 4. The summed E-state index contributed by atoms with van der Waals surface area (Å²) in [6, 6.07) is 8.65. The fraction of sp³-hybridized carbons (Fsp3) is 0.143. The van der Waals surface area contributed by atoms with Gasteiger partial charge < -0.3 is 14.6 Å². The largest absolute Gasteiger partial charge is 0.456 e. The molecule has 0 aliphatic carbocycles. The minimum Gasteiger partial charge on any atom is -0.456 e. The van der Waals surface area contributed by atoms with Crippen LogP contribution >= 0.6 is 0 Å². The lowest BCUT2D eigenvalue weighted by atomic mass is 10.1. The molecule has 0 bridgehead atoms. The number of halogens is 4. The summed E-state index contributed by atoms with van der Waals surface area (Å²) in [5, 5.41) is 2.40. The number of carbonyl (C=O) groups is 1. The summed E-state index contributed by atoms with van der Waals surface area (Å²) < 4.78 is 59.7. The van der Waals surface area contributed by atoms with Crippen molar-refractivity contribution in [2.45, 2.75) is 13.1 Å². The molecule has 1 aromatic heterocycles. The van der Waals surface area contributed by atoms with Crippen molar-refractivity contribution in [2.24, 2.45) is 7.05 Å². The maximum absolute atomic E-state index is 13.3. The van der Waals surface area contributed by atoms with Crippen LogP contribution in [0.25, 0.3) is 0 Å². The molecule has 1 amide bonds. The van der Waals surface area contributed by atoms with Crippen LogP contribution in [-0.2, 0) is 13.2 Å². The Balaban J connectivity index is 2.01. The van der Waals surface area contributed by atoms with Crippen molar-refractivity contribution in [1.82, 2.24) is 4.57 Å². The van der Waals surface area contributed by atoms with Crippen molar-refractivity contribution in [1.29, 1.82) is 0 Å². The molecule has 0 saturated carbocycles. The minimum absolute atomic E-state index is 0.115. The van der Waals surface area contributed by atoms with E-state index in [2.05, 4.69) is 5.32 Å². The molecule has 1 heterocycles. The van der Waals surface area contributed by atoms with Gasteiger partial charge in [-0.2, -0.15) is 13.2 Å². The smallest absolute Gasteiger partial charge is 0.416 e. The summed E-state index contributed by atoms with van der Waals surface area (Å²) in [7, 11) is 1.51. The molecular weight excluding hydrogens is 404 g/mol. The van der Waals surface area contributed by atoms with Gasteiger partial charge in [0.05, 0.1) is 11.1 Å². The molecule has 0 atom stereocenters. The molecule has 0 saturated heterocycles. The Kier molecular flexibility index (Phi) is 5.64. The number of hydrogen-bond acceptors (Lipinski definition) is 3. The van der Waals surface area contributed by atoms with Gasteiger partial charge in [0.15, 0.2) is 0 Å². The molecule has 0 spiro atoms. The fourth-order valence-corrected chi connectivity index (χ4v) is 2.64. The van der Waals surface area contributed by atoms with Gasteiger partial charge in [0, 0.05) is 25.0 Å². The summed E-state index contributed by atoms with van der Waals surface area (Å²) in [4.78, 5) is 24.4. The van der Waals surface area contributed by atoms with Crippen LogP contribution in [0.3, 0.4) is 0 Å². The van der Waals surface area contributed by atoms with E-state index in [-0.39, 0.29) is 17.2 Å². The van der Waals surface area contributed by atoms with Crippen molar-refractivity contribution in [3.05, 3.63) is 87.6 Å². The van der Waals surface area contributed by atoms with Gasteiger partial charge in [0.25, 0.3) is 11.5 Å². The molecule has 1 N–H and O–H groups in total. The molecular formula is C21H16F4N2O3. The topological polar surface area (TPSA) is 60.3 Å². The second kappa shape index (κ2) is 8.02. The maximum atomic E-state index is 13.3. The number of carbonyl (C=O) groups excluding carboxylic acids is 1. The SMILES string of the molecule is Cc1cc(F)ccc1Oc1ccc(C(F)(F)F)cc1C(=O)Nc1ccn(C)c(=O)c1. The number of hydrogen-bond donors (Lipinski definition) is 1. The van der Waals surface area contributed by atoms with E-state index in [1.54, 1.807) is 6.92 Å². The number of ether oxygens (including phenoxy) is 1. The highest BCUT2D eigenvalue weighted by atomic mass is 19.4. The number of pyridine rings is 1. The lowest BCUT2D eigenvalue weighted by molar-refractivity contribution is -0.137. The Hall–Kier alpha value is -3.62. The molecule has 0 aliphatic heterocycles. The summed E-state index contributed by atoms with van der Waals surface area (Å²) >= 11 is 0. The molecule has 0 fully saturated rings.